The maximum atomic E-state index is 12.5. The molecule has 0 saturated carbocycles. The second kappa shape index (κ2) is 9.21. The zero-order chi connectivity index (χ0) is 19.9. The number of rotatable bonds is 6. The molecule has 1 amide bonds. The number of aromatic nitrogens is 2. The van der Waals surface area contributed by atoms with Gasteiger partial charge < -0.3 is 14.4 Å². The number of hydrogen-bond acceptors (Lipinski definition) is 4. The highest BCUT2D eigenvalue weighted by molar-refractivity contribution is 5.76. The summed E-state index contributed by atoms with van der Waals surface area (Å²) in [6, 6.07) is 7.47. The molecule has 0 atom stereocenters. The number of esters is 1. The minimum Gasteiger partial charge on any atom is -0.490 e. The molecule has 1 saturated heterocycles. The molecule has 2 heterocycles. The Morgan fingerprint density at radius 3 is 2.57 bits per heavy atom. The first-order valence-electron chi connectivity index (χ1n) is 9.40. The van der Waals surface area contributed by atoms with E-state index in [0.29, 0.717) is 13.1 Å². The number of carbonyl (C=O) groups excluding carboxylic acids is 2. The van der Waals surface area contributed by atoms with Crippen LogP contribution in [0.5, 0.6) is 5.75 Å². The van der Waals surface area contributed by atoms with Crippen LogP contribution in [0.3, 0.4) is 0 Å². The summed E-state index contributed by atoms with van der Waals surface area (Å²) in [4.78, 5) is 25.9. The summed E-state index contributed by atoms with van der Waals surface area (Å²) in [7, 11) is 1.89. The Labute approximate surface area is 164 Å². The van der Waals surface area contributed by atoms with E-state index in [1.165, 1.54) is 0 Å². The van der Waals surface area contributed by atoms with Crippen molar-refractivity contribution in [1.82, 2.24) is 9.47 Å². The number of imidazole rings is 1. The lowest BCUT2D eigenvalue weighted by atomic mass is 10.1. The van der Waals surface area contributed by atoms with Gasteiger partial charge in [-0.05, 0) is 17.7 Å². The van der Waals surface area contributed by atoms with Crippen LogP contribution >= 0.6 is 0 Å². The highest BCUT2D eigenvalue weighted by Gasteiger charge is 2.27. The molecule has 1 aromatic heterocycles. The number of amides is 1. The molecular weight excluding hydrogens is 358 g/mol. The van der Waals surface area contributed by atoms with E-state index in [4.69, 9.17) is 9.47 Å². The summed E-state index contributed by atoms with van der Waals surface area (Å²) < 4.78 is 14.5. The Bertz CT molecular complexity index is 820. The van der Waals surface area contributed by atoms with Crippen molar-refractivity contribution in [2.24, 2.45) is 7.05 Å². The number of aryl methyl sites for hydroxylation is 1. The smallest absolute Gasteiger partial charge is 0.415 e. The van der Waals surface area contributed by atoms with Crippen molar-refractivity contribution >= 4 is 12.0 Å². The van der Waals surface area contributed by atoms with Crippen LogP contribution in [-0.4, -0.2) is 47.3 Å². The topological polar surface area (TPSA) is 64.7 Å². The number of nitrogens with zero attached hydrogens (tertiary/aromatic N) is 3. The van der Waals surface area contributed by atoms with Crippen LogP contribution in [0.25, 0.3) is 0 Å². The van der Waals surface area contributed by atoms with Crippen molar-refractivity contribution in [3.05, 3.63) is 61.2 Å². The lowest BCUT2D eigenvalue weighted by molar-refractivity contribution is -0.670. The van der Waals surface area contributed by atoms with Crippen molar-refractivity contribution in [2.75, 3.05) is 19.7 Å². The fourth-order valence-corrected chi connectivity index (χ4v) is 3.14. The van der Waals surface area contributed by atoms with Gasteiger partial charge in [0, 0.05) is 25.9 Å². The van der Waals surface area contributed by atoms with Gasteiger partial charge in [0.1, 0.15) is 30.9 Å². The largest absolute Gasteiger partial charge is 0.490 e. The molecule has 148 valence electrons. The fourth-order valence-electron chi connectivity index (χ4n) is 3.14. The molecule has 1 fully saturated rings. The van der Waals surface area contributed by atoms with Crippen molar-refractivity contribution < 1.29 is 23.6 Å². The lowest BCUT2D eigenvalue weighted by Crippen LogP contribution is -2.43. The van der Waals surface area contributed by atoms with E-state index in [0.717, 1.165) is 24.2 Å². The van der Waals surface area contributed by atoms with E-state index in [1.807, 2.05) is 47.0 Å². The molecule has 1 aliphatic heterocycles. The van der Waals surface area contributed by atoms with Crippen LogP contribution in [0.2, 0.25) is 0 Å². The Morgan fingerprint density at radius 1 is 1.25 bits per heavy atom. The molecule has 28 heavy (non-hydrogen) atoms. The van der Waals surface area contributed by atoms with Gasteiger partial charge in [-0.15, -0.1) is 0 Å². The van der Waals surface area contributed by atoms with Gasteiger partial charge in [-0.2, -0.15) is 4.57 Å². The summed E-state index contributed by atoms with van der Waals surface area (Å²) in [5.74, 6) is 0.493. The average Bonchev–Trinajstić information content (AvgIpc) is 3.14. The Morgan fingerprint density at radius 2 is 1.96 bits per heavy atom. The number of carbonyl (C=O) groups is 2. The summed E-state index contributed by atoms with van der Waals surface area (Å²) in [6.07, 6.45) is 8.80. The predicted octanol–water partition coefficient (Wildman–Crippen LogP) is 2.10. The van der Waals surface area contributed by atoms with Crippen LogP contribution in [0, 0.1) is 0 Å². The van der Waals surface area contributed by atoms with Gasteiger partial charge in [0.05, 0.1) is 13.5 Å². The molecule has 0 aliphatic carbocycles. The third kappa shape index (κ3) is 5.22. The first kappa shape index (κ1) is 19.7. The first-order chi connectivity index (χ1) is 13.5. The molecule has 2 aromatic rings. The van der Waals surface area contributed by atoms with Gasteiger partial charge in [-0.1, -0.05) is 24.8 Å². The van der Waals surface area contributed by atoms with Crippen LogP contribution < -0.4 is 9.30 Å². The normalized spacial score (nSPS) is 14.5. The maximum absolute atomic E-state index is 12.5. The van der Waals surface area contributed by atoms with Crippen molar-refractivity contribution in [3.8, 4) is 5.75 Å². The SMILES string of the molecule is C=CCOC(=O)Cc1ccc(OC2CCN(C(=O)n3cc[n+](C)c3)CC2)cc1. The van der Waals surface area contributed by atoms with Gasteiger partial charge in [0.15, 0.2) is 0 Å². The second-order valence-corrected chi connectivity index (χ2v) is 6.87. The van der Waals surface area contributed by atoms with Crippen LogP contribution in [0.15, 0.2) is 55.6 Å². The number of ether oxygens (including phenoxy) is 2. The molecule has 1 aliphatic rings. The highest BCUT2D eigenvalue weighted by atomic mass is 16.5. The molecule has 3 rings (SSSR count). The molecule has 7 heteroatoms. The minimum absolute atomic E-state index is 0.00765. The van der Waals surface area contributed by atoms with Crippen LogP contribution in [0.4, 0.5) is 4.79 Å². The number of benzene rings is 1. The molecule has 0 N–H and O–H groups in total. The third-order valence-corrected chi connectivity index (χ3v) is 4.64. The number of piperidine rings is 1. The molecule has 1 aromatic carbocycles. The molecule has 0 unspecified atom stereocenters. The van der Waals surface area contributed by atoms with Gasteiger partial charge in [0.2, 0.25) is 0 Å². The third-order valence-electron chi connectivity index (χ3n) is 4.64. The predicted molar refractivity (Wildman–Crippen MR) is 103 cm³/mol. The van der Waals surface area contributed by atoms with E-state index in [2.05, 4.69) is 6.58 Å². The van der Waals surface area contributed by atoms with Crippen molar-refractivity contribution in [3.63, 3.8) is 0 Å². The molecular formula is C21H26N3O4+. The monoisotopic (exact) mass is 384 g/mol. The number of hydrogen-bond donors (Lipinski definition) is 0. The van der Waals surface area contributed by atoms with Gasteiger partial charge >= 0.3 is 12.0 Å². The zero-order valence-corrected chi connectivity index (χ0v) is 16.1. The molecule has 0 spiro atoms. The van der Waals surface area contributed by atoms with Gasteiger partial charge in [-0.25, -0.2) is 9.36 Å². The second-order valence-electron chi connectivity index (χ2n) is 6.87. The summed E-state index contributed by atoms with van der Waals surface area (Å²) in [5, 5.41) is 0. The lowest BCUT2D eigenvalue weighted by Gasteiger charge is -2.30. The van der Waals surface area contributed by atoms with E-state index in [1.54, 1.807) is 23.2 Å². The highest BCUT2D eigenvalue weighted by Crippen LogP contribution is 2.20. The van der Waals surface area contributed by atoms with E-state index in [9.17, 15) is 9.59 Å². The average molecular weight is 384 g/mol. The number of likely N-dealkylation sites (tertiary alicyclic amines) is 1. The minimum atomic E-state index is -0.276. The Kier molecular flexibility index (Phi) is 6.47. The first-order valence-corrected chi connectivity index (χ1v) is 9.40. The molecule has 7 nitrogen and oxygen atoms in total. The van der Waals surface area contributed by atoms with Crippen molar-refractivity contribution in [1.29, 1.82) is 0 Å². The Balaban J connectivity index is 1.46. The quantitative estimate of drug-likeness (QED) is 0.435. The maximum Gasteiger partial charge on any atom is 0.415 e. The van der Waals surface area contributed by atoms with Crippen LogP contribution in [0.1, 0.15) is 18.4 Å². The van der Waals surface area contributed by atoms with E-state index < -0.39 is 0 Å². The fraction of sp³-hybridized carbons (Fsp3) is 0.381. The zero-order valence-electron chi connectivity index (χ0n) is 16.1. The van der Waals surface area contributed by atoms with Gasteiger partial charge in [0.25, 0.3) is 6.33 Å². The van der Waals surface area contributed by atoms with Crippen molar-refractivity contribution in [2.45, 2.75) is 25.4 Å². The summed E-state index contributed by atoms with van der Waals surface area (Å²) in [6.45, 7) is 5.08. The van der Waals surface area contributed by atoms with Crippen LogP contribution in [-0.2, 0) is 23.0 Å². The van der Waals surface area contributed by atoms with E-state index in [-0.39, 0.29) is 31.1 Å². The van der Waals surface area contributed by atoms with Gasteiger partial charge in [-0.3, -0.25) is 4.79 Å². The molecule has 0 radical (unpaired) electrons. The molecule has 0 bridgehead atoms. The standard InChI is InChI=1S/C21H26N3O4/c1-3-14-27-20(25)15-17-4-6-18(7-5-17)28-19-8-10-23(11-9-19)21(26)24-13-12-22(2)16-24/h3-7,12-13,16,19H,1,8-11,14-15H2,2H3/q+1. The summed E-state index contributed by atoms with van der Waals surface area (Å²) >= 11 is 0. The summed E-state index contributed by atoms with van der Waals surface area (Å²) in [5.41, 5.74) is 0.877. The Hall–Kier alpha value is -3.09. The van der Waals surface area contributed by atoms with E-state index >= 15 is 0 Å².